The molecule has 308 valence electrons. The highest BCUT2D eigenvalue weighted by atomic mass is 32.2. The molecule has 10 N–H and O–H groups in total. The lowest BCUT2D eigenvalue weighted by Crippen LogP contribution is -2.60. The number of imidazole rings is 1. The second-order valence-corrected chi connectivity index (χ2v) is 15.7. The largest absolute Gasteiger partial charge is 0.508 e. The second kappa shape index (κ2) is 21.8. The fourth-order valence-corrected chi connectivity index (χ4v) is 7.14. The van der Waals surface area contributed by atoms with Gasteiger partial charge in [-0.15, -0.1) is 0 Å². The number of nitrogens with two attached hydrogens (primary N) is 2. The first-order valence-electron chi connectivity index (χ1n) is 19.1. The summed E-state index contributed by atoms with van der Waals surface area (Å²) in [6, 6.07) is 9.00. The highest BCUT2D eigenvalue weighted by Crippen LogP contribution is 2.21. The van der Waals surface area contributed by atoms with Crippen molar-refractivity contribution in [2.45, 2.75) is 95.0 Å². The van der Waals surface area contributed by atoms with Gasteiger partial charge in [-0.1, -0.05) is 56.3 Å². The quantitative estimate of drug-likeness (QED) is 0.0748. The van der Waals surface area contributed by atoms with E-state index in [0.29, 0.717) is 36.3 Å². The highest BCUT2D eigenvalue weighted by Gasteiger charge is 2.40. The van der Waals surface area contributed by atoms with Crippen molar-refractivity contribution in [2.24, 2.45) is 17.4 Å². The van der Waals surface area contributed by atoms with Crippen molar-refractivity contribution in [1.29, 1.82) is 0 Å². The number of rotatable bonds is 21. The van der Waals surface area contributed by atoms with E-state index < -0.39 is 71.7 Å². The fraction of sp³-hybridized carbons (Fsp3) is 0.475. The average molecular weight is 806 g/mol. The zero-order valence-corrected chi connectivity index (χ0v) is 33.4. The van der Waals surface area contributed by atoms with Crippen LogP contribution in [0.2, 0.25) is 0 Å². The number of aromatic nitrogens is 2. The number of phenolic OH excluding ortho intramolecular Hbond substituents is 1. The van der Waals surface area contributed by atoms with Crippen molar-refractivity contribution in [3.63, 3.8) is 0 Å². The molecule has 4 rings (SSSR count). The van der Waals surface area contributed by atoms with Crippen LogP contribution in [-0.4, -0.2) is 110 Å². The van der Waals surface area contributed by atoms with Crippen LogP contribution >= 0.6 is 11.8 Å². The third-order valence-electron chi connectivity index (χ3n) is 9.69. The summed E-state index contributed by atoms with van der Waals surface area (Å²) in [6.45, 7) is 4.06. The normalized spacial score (nSPS) is 16.5. The molecule has 16 nitrogen and oxygen atoms in total. The number of hydrogen-bond acceptors (Lipinski definition) is 10. The molecule has 2 aromatic carbocycles. The Morgan fingerprint density at radius 2 is 1.47 bits per heavy atom. The highest BCUT2D eigenvalue weighted by molar-refractivity contribution is 7.98. The van der Waals surface area contributed by atoms with Gasteiger partial charge in [0.25, 0.3) is 0 Å². The van der Waals surface area contributed by atoms with Crippen LogP contribution in [0.15, 0.2) is 67.1 Å². The number of aromatic amines is 1. The second-order valence-electron chi connectivity index (χ2n) is 14.7. The van der Waals surface area contributed by atoms with Crippen molar-refractivity contribution in [3.8, 4) is 5.75 Å². The molecule has 1 saturated heterocycles. The summed E-state index contributed by atoms with van der Waals surface area (Å²) in [5.74, 6) is -2.97. The minimum Gasteiger partial charge on any atom is -0.508 e. The average Bonchev–Trinajstić information content (AvgIpc) is 3.89. The molecule has 0 bridgehead atoms. The number of phenols is 1. The summed E-state index contributed by atoms with van der Waals surface area (Å²) in [4.78, 5) is 89.8. The lowest BCUT2D eigenvalue weighted by Gasteiger charge is -2.31. The van der Waals surface area contributed by atoms with Crippen LogP contribution < -0.4 is 32.7 Å². The predicted molar refractivity (Wildman–Crippen MR) is 216 cm³/mol. The number of carbonyl (C=O) groups excluding carboxylic acids is 6. The predicted octanol–water partition coefficient (Wildman–Crippen LogP) is 0.685. The van der Waals surface area contributed by atoms with E-state index >= 15 is 0 Å². The smallest absolute Gasteiger partial charge is 0.245 e. The first kappa shape index (κ1) is 44.3. The summed E-state index contributed by atoms with van der Waals surface area (Å²) in [7, 11) is 0. The van der Waals surface area contributed by atoms with E-state index in [2.05, 4.69) is 31.2 Å². The Labute approximate surface area is 337 Å². The first-order valence-corrected chi connectivity index (χ1v) is 20.5. The maximum Gasteiger partial charge on any atom is 0.245 e. The summed E-state index contributed by atoms with van der Waals surface area (Å²) in [6.07, 6.45) is 6.59. The van der Waals surface area contributed by atoms with Gasteiger partial charge in [-0.25, -0.2) is 4.98 Å². The maximum absolute atomic E-state index is 14.3. The van der Waals surface area contributed by atoms with E-state index in [1.165, 1.54) is 35.1 Å². The van der Waals surface area contributed by atoms with Crippen LogP contribution in [0.4, 0.5) is 0 Å². The third kappa shape index (κ3) is 13.6. The Bertz CT molecular complexity index is 1790. The molecular weight excluding hydrogens is 751 g/mol. The SMILES string of the molecule is CSCC[C@@H](NC(=O)[C@@H]1CCCN1C(=O)[C@H](CC(C)C)NC(=O)[C@H](Cc1ccc(O)cc1)NC(=O)[C@H](Cc1ccccc1)NC(=O)[C@@H](N)Cc1cnc[nH]1)C(N)=O. The number of primary amides is 1. The monoisotopic (exact) mass is 805 g/mol. The molecule has 3 aromatic rings. The topological polar surface area (TPSA) is 255 Å². The zero-order chi connectivity index (χ0) is 41.5. The molecule has 57 heavy (non-hydrogen) atoms. The molecular formula is C40H55N9O7S. The van der Waals surface area contributed by atoms with E-state index in [-0.39, 0.29) is 43.9 Å². The molecule has 1 fully saturated rings. The Kier molecular flexibility index (Phi) is 16.9. The van der Waals surface area contributed by atoms with Crippen molar-refractivity contribution >= 4 is 47.2 Å². The summed E-state index contributed by atoms with van der Waals surface area (Å²) in [5, 5.41) is 21.1. The molecule has 0 unspecified atom stereocenters. The van der Waals surface area contributed by atoms with Crippen LogP contribution in [-0.2, 0) is 48.0 Å². The summed E-state index contributed by atoms with van der Waals surface area (Å²) in [5.41, 5.74) is 13.8. The van der Waals surface area contributed by atoms with Gasteiger partial charge in [-0.05, 0) is 66.9 Å². The molecule has 0 spiro atoms. The third-order valence-corrected chi connectivity index (χ3v) is 10.3. The van der Waals surface area contributed by atoms with E-state index in [4.69, 9.17) is 11.5 Å². The zero-order valence-electron chi connectivity index (χ0n) is 32.6. The van der Waals surface area contributed by atoms with Gasteiger partial charge in [0.2, 0.25) is 35.4 Å². The molecule has 1 aliphatic rings. The lowest BCUT2D eigenvalue weighted by atomic mass is 9.99. The van der Waals surface area contributed by atoms with Crippen LogP contribution in [0.5, 0.6) is 5.75 Å². The van der Waals surface area contributed by atoms with Gasteiger partial charge in [-0.2, -0.15) is 11.8 Å². The standard InChI is InChI=1S/C40H55N9O7S/c1-24(2)18-33(40(56)49-16-7-10-34(49)39(55)45-30(35(42)51)15-17-57-3)48-38(54)32(20-26-11-13-28(50)14-12-26)47-37(53)31(19-25-8-5-4-6-9-25)46-36(52)29(41)21-27-22-43-23-44-27/h4-6,8-9,11-14,22-24,29-34,50H,7,10,15-21,41H2,1-3H3,(H2,42,51)(H,43,44)(H,45,55)(H,46,52)(H,47,53)(H,48,54)/t29-,30+,31-,32-,33-,34-/m0/s1. The van der Waals surface area contributed by atoms with Gasteiger partial charge < -0.3 is 47.7 Å². The Morgan fingerprint density at radius 1 is 0.860 bits per heavy atom. The number of likely N-dealkylation sites (tertiary alicyclic amines) is 1. The van der Waals surface area contributed by atoms with E-state index in [0.717, 1.165) is 5.56 Å². The number of thioether (sulfide) groups is 1. The van der Waals surface area contributed by atoms with E-state index in [1.807, 2.05) is 38.3 Å². The van der Waals surface area contributed by atoms with Gasteiger partial charge in [0.15, 0.2) is 0 Å². The molecule has 2 heterocycles. The van der Waals surface area contributed by atoms with Crippen molar-refractivity contribution in [1.82, 2.24) is 36.1 Å². The van der Waals surface area contributed by atoms with Gasteiger partial charge >= 0.3 is 0 Å². The number of hydrogen-bond donors (Lipinski definition) is 8. The molecule has 0 radical (unpaired) electrons. The van der Waals surface area contributed by atoms with Gasteiger partial charge in [0.05, 0.1) is 12.4 Å². The minimum absolute atomic E-state index is 0.0130. The minimum atomic E-state index is -1.23. The van der Waals surface area contributed by atoms with Crippen LogP contribution in [0.1, 0.15) is 56.4 Å². The molecule has 1 aromatic heterocycles. The first-order chi connectivity index (χ1) is 27.2. The van der Waals surface area contributed by atoms with Crippen LogP contribution in [0.3, 0.4) is 0 Å². The van der Waals surface area contributed by atoms with E-state index in [1.54, 1.807) is 30.5 Å². The van der Waals surface area contributed by atoms with Crippen LogP contribution in [0, 0.1) is 5.92 Å². The number of carbonyl (C=O) groups is 6. The fourth-order valence-electron chi connectivity index (χ4n) is 6.67. The summed E-state index contributed by atoms with van der Waals surface area (Å²) < 4.78 is 0. The molecule has 1 aliphatic heterocycles. The molecule has 0 aliphatic carbocycles. The molecule has 17 heteroatoms. The van der Waals surface area contributed by atoms with Gasteiger partial charge in [0, 0.05) is 37.7 Å². The van der Waals surface area contributed by atoms with Gasteiger partial charge in [0.1, 0.15) is 36.0 Å². The molecule has 6 amide bonds. The van der Waals surface area contributed by atoms with Crippen molar-refractivity contribution in [3.05, 3.63) is 83.9 Å². The number of benzene rings is 2. The molecule has 6 atom stereocenters. The summed E-state index contributed by atoms with van der Waals surface area (Å²) >= 11 is 1.51. The van der Waals surface area contributed by atoms with Crippen LogP contribution in [0.25, 0.3) is 0 Å². The molecule has 0 saturated carbocycles. The number of H-pyrrole nitrogens is 1. The maximum atomic E-state index is 14.3. The van der Waals surface area contributed by atoms with Crippen molar-refractivity contribution < 1.29 is 33.9 Å². The number of aromatic hydroxyl groups is 1. The Morgan fingerprint density at radius 3 is 2.05 bits per heavy atom. The van der Waals surface area contributed by atoms with Gasteiger partial charge in [-0.3, -0.25) is 28.8 Å². The Hall–Kier alpha value is -5.42. The lowest BCUT2D eigenvalue weighted by molar-refractivity contribution is -0.142. The Balaban J connectivity index is 1.57. The van der Waals surface area contributed by atoms with Crippen molar-refractivity contribution in [2.75, 3.05) is 18.6 Å². The van der Waals surface area contributed by atoms with E-state index in [9.17, 15) is 33.9 Å². The number of nitrogens with one attached hydrogen (secondary N) is 5. The number of amides is 6. The number of nitrogens with zero attached hydrogens (tertiary/aromatic N) is 2.